The highest BCUT2D eigenvalue weighted by Crippen LogP contribution is 2.31. The molecule has 3 aromatic rings. The summed E-state index contributed by atoms with van der Waals surface area (Å²) in [5.74, 6) is 0.0752. The molecule has 0 saturated carbocycles. The molecule has 1 aromatic carbocycles. The highest BCUT2D eigenvalue weighted by Gasteiger charge is 2.30. The lowest BCUT2D eigenvalue weighted by atomic mass is 10.2. The van der Waals surface area contributed by atoms with Gasteiger partial charge >= 0.3 is 6.18 Å². The Kier molecular flexibility index (Phi) is 6.15. The summed E-state index contributed by atoms with van der Waals surface area (Å²) in [6.07, 6.45) is -3.10. The second-order valence-corrected chi connectivity index (χ2v) is 7.10. The van der Waals surface area contributed by atoms with Crippen molar-refractivity contribution in [3.63, 3.8) is 0 Å². The number of aromatic nitrogens is 1. The predicted molar refractivity (Wildman–Crippen MR) is 103 cm³/mol. The van der Waals surface area contributed by atoms with E-state index in [4.69, 9.17) is 4.42 Å². The van der Waals surface area contributed by atoms with Gasteiger partial charge in [0.1, 0.15) is 5.76 Å². The summed E-state index contributed by atoms with van der Waals surface area (Å²) in [7, 11) is 0. The lowest BCUT2D eigenvalue weighted by Crippen LogP contribution is -2.19. The van der Waals surface area contributed by atoms with Crippen LogP contribution in [-0.4, -0.2) is 17.1 Å². The fourth-order valence-electron chi connectivity index (χ4n) is 2.11. The third kappa shape index (κ3) is 5.67. The molecule has 0 unspecified atom stereocenters. The molecule has 3 rings (SSSR count). The zero-order chi connectivity index (χ0) is 20.1. The minimum Gasteiger partial charge on any atom is -0.448 e. The van der Waals surface area contributed by atoms with Crippen molar-refractivity contribution in [3.05, 3.63) is 63.5 Å². The summed E-state index contributed by atoms with van der Waals surface area (Å²) in [6, 6.07) is 8.16. The number of anilines is 2. The first-order valence-electron chi connectivity index (χ1n) is 7.75. The number of hydrazone groups is 1. The first-order valence-corrected chi connectivity index (χ1v) is 9.43. The number of rotatable bonds is 6. The van der Waals surface area contributed by atoms with E-state index < -0.39 is 17.6 Å². The molecular weight excluding hydrogens is 461 g/mol. The number of carbonyl (C=O) groups is 1. The molecule has 2 aromatic heterocycles. The summed E-state index contributed by atoms with van der Waals surface area (Å²) in [6.45, 7) is 0. The van der Waals surface area contributed by atoms with E-state index in [-0.39, 0.29) is 12.1 Å². The van der Waals surface area contributed by atoms with Crippen molar-refractivity contribution in [3.8, 4) is 0 Å². The van der Waals surface area contributed by atoms with E-state index in [1.807, 2.05) is 0 Å². The maximum absolute atomic E-state index is 12.8. The highest BCUT2D eigenvalue weighted by molar-refractivity contribution is 9.10. The molecule has 6 nitrogen and oxygen atoms in total. The van der Waals surface area contributed by atoms with Gasteiger partial charge in [0.2, 0.25) is 5.91 Å². The lowest BCUT2D eigenvalue weighted by Gasteiger charge is -2.08. The quantitative estimate of drug-likeness (QED) is 0.392. The molecule has 0 saturated heterocycles. The van der Waals surface area contributed by atoms with Gasteiger partial charge in [-0.2, -0.15) is 18.3 Å². The van der Waals surface area contributed by atoms with E-state index in [0.29, 0.717) is 21.3 Å². The van der Waals surface area contributed by atoms with Crippen LogP contribution < -0.4 is 10.7 Å². The van der Waals surface area contributed by atoms with Crippen LogP contribution in [0.5, 0.6) is 0 Å². The Labute approximate surface area is 169 Å². The number of nitrogens with one attached hydrogen (secondary N) is 2. The topological polar surface area (TPSA) is 79.5 Å². The zero-order valence-electron chi connectivity index (χ0n) is 14.0. The van der Waals surface area contributed by atoms with Crippen LogP contribution in [0.1, 0.15) is 17.0 Å². The molecule has 0 spiro atoms. The van der Waals surface area contributed by atoms with Gasteiger partial charge < -0.3 is 9.73 Å². The van der Waals surface area contributed by atoms with E-state index in [1.54, 1.807) is 17.5 Å². The van der Waals surface area contributed by atoms with E-state index in [0.717, 1.165) is 12.1 Å². The zero-order valence-corrected chi connectivity index (χ0v) is 16.4. The lowest BCUT2D eigenvalue weighted by molar-refractivity contribution is -0.137. The predicted octanol–water partition coefficient (Wildman–Crippen LogP) is 4.95. The van der Waals surface area contributed by atoms with Gasteiger partial charge in [-0.25, -0.2) is 10.4 Å². The fraction of sp³-hybridized carbons (Fsp3) is 0.118. The number of thiazole rings is 1. The summed E-state index contributed by atoms with van der Waals surface area (Å²) in [5, 5.41) is 8.60. The van der Waals surface area contributed by atoms with Gasteiger partial charge in [-0.15, -0.1) is 11.3 Å². The van der Waals surface area contributed by atoms with Gasteiger partial charge in [0.15, 0.2) is 9.80 Å². The number of halogens is 4. The van der Waals surface area contributed by atoms with Crippen molar-refractivity contribution in [2.75, 3.05) is 5.32 Å². The van der Waals surface area contributed by atoms with E-state index in [9.17, 15) is 18.0 Å². The van der Waals surface area contributed by atoms with Crippen LogP contribution in [0.3, 0.4) is 0 Å². The van der Waals surface area contributed by atoms with Crippen LogP contribution in [0.15, 0.2) is 56.0 Å². The number of alkyl halides is 3. The summed E-state index contributed by atoms with van der Waals surface area (Å²) in [5.41, 5.74) is 2.32. The van der Waals surface area contributed by atoms with Crippen molar-refractivity contribution < 1.29 is 22.4 Å². The smallest absolute Gasteiger partial charge is 0.416 e. The summed E-state index contributed by atoms with van der Waals surface area (Å²) in [4.78, 5) is 16.1. The number of benzene rings is 1. The largest absolute Gasteiger partial charge is 0.448 e. The number of furan rings is 1. The van der Waals surface area contributed by atoms with Crippen LogP contribution >= 0.6 is 27.3 Å². The molecule has 0 atom stereocenters. The fourth-order valence-corrected chi connectivity index (χ4v) is 3.16. The molecule has 0 aliphatic rings. The maximum Gasteiger partial charge on any atom is 0.416 e. The third-order valence-corrected chi connectivity index (χ3v) is 4.54. The third-order valence-electron chi connectivity index (χ3n) is 3.31. The monoisotopic (exact) mass is 472 g/mol. The average molecular weight is 473 g/mol. The molecule has 2 N–H and O–H groups in total. The van der Waals surface area contributed by atoms with Crippen molar-refractivity contribution in [1.29, 1.82) is 0 Å². The minimum absolute atomic E-state index is 0.0278. The van der Waals surface area contributed by atoms with Gasteiger partial charge in [0, 0.05) is 11.1 Å². The Bertz CT molecular complexity index is 1000. The molecule has 0 aliphatic heterocycles. The standard InChI is InChI=1S/C17H12BrF3N4O2S/c18-14-5-4-13(27-14)8-22-25-15(26)7-12-9-28-16(24-12)23-11-3-1-2-10(6-11)17(19,20)21/h1-6,8-9H,7H2,(H,23,24)(H,25,26)/b22-8-. The molecule has 28 heavy (non-hydrogen) atoms. The van der Waals surface area contributed by atoms with Gasteiger partial charge in [0.05, 0.1) is 23.9 Å². The van der Waals surface area contributed by atoms with Crippen molar-refractivity contribution in [2.24, 2.45) is 5.10 Å². The van der Waals surface area contributed by atoms with Crippen LogP contribution in [0.25, 0.3) is 0 Å². The molecule has 146 valence electrons. The summed E-state index contributed by atoms with van der Waals surface area (Å²) < 4.78 is 44.0. The summed E-state index contributed by atoms with van der Waals surface area (Å²) >= 11 is 4.33. The second-order valence-electron chi connectivity index (χ2n) is 5.46. The number of hydrogen-bond acceptors (Lipinski definition) is 6. The van der Waals surface area contributed by atoms with Crippen molar-refractivity contribution in [1.82, 2.24) is 10.4 Å². The van der Waals surface area contributed by atoms with Gasteiger partial charge in [-0.3, -0.25) is 4.79 Å². The van der Waals surface area contributed by atoms with Gasteiger partial charge in [-0.05, 0) is 46.3 Å². The molecule has 0 fully saturated rings. The first kappa shape index (κ1) is 20.1. The SMILES string of the molecule is O=C(Cc1csc(Nc2cccc(C(F)(F)F)c2)n1)N/N=C\c1ccc(Br)o1. The molecule has 11 heteroatoms. The van der Waals surface area contributed by atoms with E-state index >= 15 is 0 Å². The maximum atomic E-state index is 12.8. The van der Waals surface area contributed by atoms with E-state index in [1.165, 1.54) is 29.7 Å². The molecule has 0 aliphatic carbocycles. The Balaban J connectivity index is 1.55. The van der Waals surface area contributed by atoms with E-state index in [2.05, 4.69) is 36.8 Å². The Morgan fingerprint density at radius 3 is 2.86 bits per heavy atom. The molecule has 1 amide bonds. The first-order chi connectivity index (χ1) is 13.3. The van der Waals surface area contributed by atoms with Crippen LogP contribution in [0, 0.1) is 0 Å². The van der Waals surface area contributed by atoms with Crippen LogP contribution in [-0.2, 0) is 17.4 Å². The van der Waals surface area contributed by atoms with Crippen molar-refractivity contribution in [2.45, 2.75) is 12.6 Å². The number of hydrogen-bond donors (Lipinski definition) is 2. The molecular formula is C17H12BrF3N4O2S. The molecule has 0 radical (unpaired) electrons. The van der Waals surface area contributed by atoms with Gasteiger partial charge in [-0.1, -0.05) is 6.07 Å². The Morgan fingerprint density at radius 2 is 2.14 bits per heavy atom. The van der Waals surface area contributed by atoms with Crippen LogP contribution in [0.2, 0.25) is 0 Å². The highest BCUT2D eigenvalue weighted by atomic mass is 79.9. The van der Waals surface area contributed by atoms with Crippen molar-refractivity contribution >= 4 is 50.2 Å². The number of amides is 1. The normalized spacial score (nSPS) is 11.7. The van der Waals surface area contributed by atoms with Gasteiger partial charge in [0.25, 0.3) is 0 Å². The molecule has 0 bridgehead atoms. The average Bonchev–Trinajstić information content (AvgIpc) is 3.23. The van der Waals surface area contributed by atoms with Crippen LogP contribution in [0.4, 0.5) is 24.0 Å². The number of nitrogens with zero attached hydrogens (tertiary/aromatic N) is 2. The Morgan fingerprint density at radius 1 is 1.32 bits per heavy atom. The minimum atomic E-state index is -4.42. The second kappa shape index (κ2) is 8.57. The number of carbonyl (C=O) groups excluding carboxylic acids is 1. The Hall–Kier alpha value is -2.66. The molecule has 2 heterocycles.